The molecule has 1 aromatic heterocycles. The standard InChI is InChI=1S/C8H10BrNO3S2/c1-10(4-6-5-13-6)15(11,12)8-3-2-7(9)14-8/h2-3,6H,4-5H2,1H3. The Kier molecular flexibility index (Phi) is 3.18. The molecule has 0 aromatic carbocycles. The van der Waals surface area contributed by atoms with E-state index in [4.69, 9.17) is 4.74 Å². The van der Waals surface area contributed by atoms with Crippen molar-refractivity contribution in [2.24, 2.45) is 0 Å². The minimum Gasteiger partial charge on any atom is -0.372 e. The van der Waals surface area contributed by atoms with Crippen LogP contribution in [0.3, 0.4) is 0 Å². The van der Waals surface area contributed by atoms with Gasteiger partial charge in [0.2, 0.25) is 0 Å². The van der Waals surface area contributed by atoms with Crippen LogP contribution in [0.25, 0.3) is 0 Å². The molecule has 4 nitrogen and oxygen atoms in total. The first-order valence-corrected chi connectivity index (χ1v) is 7.38. The van der Waals surface area contributed by atoms with E-state index in [2.05, 4.69) is 15.9 Å². The van der Waals surface area contributed by atoms with Gasteiger partial charge in [-0.1, -0.05) is 0 Å². The van der Waals surface area contributed by atoms with E-state index in [1.54, 1.807) is 19.2 Å². The minimum atomic E-state index is -3.33. The fraction of sp³-hybridized carbons (Fsp3) is 0.500. The van der Waals surface area contributed by atoms with Crippen LogP contribution in [0.1, 0.15) is 0 Å². The molecule has 0 aliphatic carbocycles. The Morgan fingerprint density at radius 3 is 2.80 bits per heavy atom. The largest absolute Gasteiger partial charge is 0.372 e. The van der Waals surface area contributed by atoms with Crippen LogP contribution in [0, 0.1) is 0 Å². The minimum absolute atomic E-state index is 0.0770. The molecule has 0 saturated carbocycles. The van der Waals surface area contributed by atoms with Gasteiger partial charge >= 0.3 is 0 Å². The number of halogens is 1. The van der Waals surface area contributed by atoms with E-state index >= 15 is 0 Å². The SMILES string of the molecule is CN(CC1CO1)S(=O)(=O)c1ccc(Br)s1. The van der Waals surface area contributed by atoms with Gasteiger partial charge in [-0.05, 0) is 28.1 Å². The van der Waals surface area contributed by atoms with Gasteiger partial charge in [-0.2, -0.15) is 4.31 Å². The van der Waals surface area contributed by atoms with E-state index in [0.717, 1.165) is 3.79 Å². The molecule has 1 aliphatic rings. The first-order valence-electron chi connectivity index (χ1n) is 4.33. The molecule has 1 aliphatic heterocycles. The van der Waals surface area contributed by atoms with Crippen molar-refractivity contribution in [2.45, 2.75) is 10.3 Å². The van der Waals surface area contributed by atoms with E-state index in [-0.39, 0.29) is 6.10 Å². The lowest BCUT2D eigenvalue weighted by molar-refractivity contribution is 0.360. The van der Waals surface area contributed by atoms with Gasteiger partial charge in [-0.15, -0.1) is 11.3 Å². The number of rotatable bonds is 4. The highest BCUT2D eigenvalue weighted by atomic mass is 79.9. The van der Waals surface area contributed by atoms with Crippen molar-refractivity contribution in [3.63, 3.8) is 0 Å². The molecule has 15 heavy (non-hydrogen) atoms. The van der Waals surface area contributed by atoms with Gasteiger partial charge in [-0.25, -0.2) is 8.42 Å². The molecule has 0 radical (unpaired) electrons. The molecule has 1 unspecified atom stereocenters. The van der Waals surface area contributed by atoms with Crippen LogP contribution < -0.4 is 0 Å². The van der Waals surface area contributed by atoms with Crippen LogP contribution in [0.15, 0.2) is 20.1 Å². The van der Waals surface area contributed by atoms with Gasteiger partial charge in [0, 0.05) is 13.6 Å². The molecule has 1 saturated heterocycles. The summed E-state index contributed by atoms with van der Waals surface area (Å²) in [5.41, 5.74) is 0. The number of ether oxygens (including phenoxy) is 1. The molecule has 0 bridgehead atoms. The normalized spacial score (nSPS) is 20.9. The van der Waals surface area contributed by atoms with E-state index in [0.29, 0.717) is 17.4 Å². The Bertz CT molecular complexity index is 452. The lowest BCUT2D eigenvalue weighted by Crippen LogP contribution is -2.29. The average molecular weight is 312 g/mol. The number of thiophene rings is 1. The second-order valence-electron chi connectivity index (χ2n) is 3.30. The third-order valence-electron chi connectivity index (χ3n) is 2.08. The molecule has 2 heterocycles. The van der Waals surface area contributed by atoms with E-state index in [1.807, 2.05) is 0 Å². The number of hydrogen-bond acceptors (Lipinski definition) is 4. The molecule has 7 heteroatoms. The predicted molar refractivity (Wildman–Crippen MR) is 61.6 cm³/mol. The van der Waals surface area contributed by atoms with Gasteiger partial charge in [0.1, 0.15) is 4.21 Å². The molecule has 0 N–H and O–H groups in total. The van der Waals surface area contributed by atoms with E-state index in [9.17, 15) is 8.42 Å². The summed E-state index contributed by atoms with van der Waals surface area (Å²) in [5, 5.41) is 0. The van der Waals surface area contributed by atoms with Gasteiger partial charge in [0.05, 0.1) is 16.5 Å². The molecule has 1 fully saturated rings. The Morgan fingerprint density at radius 2 is 2.33 bits per heavy atom. The molecule has 2 rings (SSSR count). The van der Waals surface area contributed by atoms with Crippen LogP contribution in [-0.4, -0.2) is 39.0 Å². The first kappa shape index (κ1) is 11.5. The zero-order valence-corrected chi connectivity index (χ0v) is 11.2. The summed E-state index contributed by atoms with van der Waals surface area (Å²) in [6.07, 6.45) is 0.0770. The molecule has 1 atom stereocenters. The van der Waals surface area contributed by atoms with Crippen LogP contribution in [-0.2, 0) is 14.8 Å². The lowest BCUT2D eigenvalue weighted by Gasteiger charge is -2.14. The Morgan fingerprint density at radius 1 is 1.67 bits per heavy atom. The summed E-state index contributed by atoms with van der Waals surface area (Å²) in [4.78, 5) is 0. The van der Waals surface area contributed by atoms with Crippen LogP contribution >= 0.6 is 27.3 Å². The van der Waals surface area contributed by atoms with Crippen molar-refractivity contribution in [1.29, 1.82) is 0 Å². The highest BCUT2D eigenvalue weighted by Gasteiger charge is 2.30. The zero-order chi connectivity index (χ0) is 11.1. The van der Waals surface area contributed by atoms with E-state index < -0.39 is 10.0 Å². The first-order chi connectivity index (χ1) is 7.00. The summed E-state index contributed by atoms with van der Waals surface area (Å²) in [7, 11) is -1.76. The Labute approximate surface area is 101 Å². The van der Waals surface area contributed by atoms with Crippen molar-refractivity contribution < 1.29 is 13.2 Å². The number of nitrogens with zero attached hydrogens (tertiary/aromatic N) is 1. The zero-order valence-electron chi connectivity index (χ0n) is 8.01. The van der Waals surface area contributed by atoms with Crippen molar-refractivity contribution in [3.05, 3.63) is 15.9 Å². The highest BCUT2D eigenvalue weighted by molar-refractivity contribution is 9.11. The fourth-order valence-electron chi connectivity index (χ4n) is 1.15. The van der Waals surface area contributed by atoms with Gasteiger partial charge in [-0.3, -0.25) is 0 Å². The molecule has 0 spiro atoms. The topological polar surface area (TPSA) is 49.9 Å². The van der Waals surface area contributed by atoms with Crippen LogP contribution in [0.2, 0.25) is 0 Å². The maximum absolute atomic E-state index is 12.0. The third kappa shape index (κ3) is 2.59. The summed E-state index contributed by atoms with van der Waals surface area (Å²) in [6.45, 7) is 1.09. The van der Waals surface area contributed by atoms with Crippen LogP contribution in [0.4, 0.5) is 0 Å². The average Bonchev–Trinajstić information content (AvgIpc) is 2.86. The Balaban J connectivity index is 2.17. The number of likely N-dealkylation sites (N-methyl/N-ethyl adjacent to an activating group) is 1. The highest BCUT2D eigenvalue weighted by Crippen LogP contribution is 2.28. The number of hydrogen-bond donors (Lipinski definition) is 0. The van der Waals surface area contributed by atoms with Gasteiger partial charge < -0.3 is 4.74 Å². The lowest BCUT2D eigenvalue weighted by atomic mass is 10.5. The molecule has 84 valence electrons. The summed E-state index contributed by atoms with van der Waals surface area (Å²) >= 11 is 4.46. The van der Waals surface area contributed by atoms with Gasteiger partial charge in [0.25, 0.3) is 10.0 Å². The maximum Gasteiger partial charge on any atom is 0.252 e. The number of sulfonamides is 1. The molecular formula is C8H10BrNO3S2. The monoisotopic (exact) mass is 311 g/mol. The van der Waals surface area contributed by atoms with Gasteiger partial charge in [0.15, 0.2) is 0 Å². The van der Waals surface area contributed by atoms with Crippen molar-refractivity contribution in [1.82, 2.24) is 4.31 Å². The van der Waals surface area contributed by atoms with Crippen molar-refractivity contribution in [2.75, 3.05) is 20.2 Å². The third-order valence-corrected chi connectivity index (χ3v) is 5.99. The van der Waals surface area contributed by atoms with Crippen molar-refractivity contribution in [3.8, 4) is 0 Å². The summed E-state index contributed by atoms with van der Waals surface area (Å²) < 4.78 is 31.5. The molecule has 1 aromatic rings. The Hall–Kier alpha value is 0.0500. The second kappa shape index (κ2) is 4.14. The number of epoxide rings is 1. The summed E-state index contributed by atoms with van der Waals surface area (Å²) in [5.74, 6) is 0. The smallest absolute Gasteiger partial charge is 0.252 e. The molecular weight excluding hydrogens is 302 g/mol. The quantitative estimate of drug-likeness (QED) is 0.792. The maximum atomic E-state index is 12.0. The predicted octanol–water partition coefficient (Wildman–Crippen LogP) is 1.53. The fourth-order valence-corrected chi connectivity index (χ4v) is 4.57. The van der Waals surface area contributed by atoms with Crippen LogP contribution in [0.5, 0.6) is 0 Å². The van der Waals surface area contributed by atoms with Crippen molar-refractivity contribution >= 4 is 37.3 Å². The summed E-state index contributed by atoms with van der Waals surface area (Å²) in [6, 6.07) is 3.34. The van der Waals surface area contributed by atoms with E-state index in [1.165, 1.54) is 15.6 Å². The second-order valence-corrected chi connectivity index (χ2v) is 8.03. The molecule has 0 amide bonds.